The van der Waals surface area contributed by atoms with Gasteiger partial charge in [0.1, 0.15) is 12.4 Å². The number of nitrogens with zero attached hydrogens (tertiary/aromatic N) is 7. The first-order valence-electron chi connectivity index (χ1n) is 14.8. The van der Waals surface area contributed by atoms with Gasteiger partial charge < -0.3 is 23.5 Å². The van der Waals surface area contributed by atoms with Crippen molar-refractivity contribution in [2.75, 3.05) is 46.1 Å². The lowest BCUT2D eigenvalue weighted by molar-refractivity contribution is 0.0358. The highest BCUT2D eigenvalue weighted by Crippen LogP contribution is 2.25. The summed E-state index contributed by atoms with van der Waals surface area (Å²) in [6, 6.07) is 17.9. The summed E-state index contributed by atoms with van der Waals surface area (Å²) in [6.45, 7) is 8.13. The van der Waals surface area contributed by atoms with Crippen LogP contribution in [0.15, 0.2) is 73.3 Å². The molecule has 4 heterocycles. The third kappa shape index (κ3) is 7.21. The lowest BCUT2D eigenvalue weighted by atomic mass is 10.2. The van der Waals surface area contributed by atoms with E-state index in [2.05, 4.69) is 20.0 Å². The van der Waals surface area contributed by atoms with E-state index in [0.29, 0.717) is 42.4 Å². The van der Waals surface area contributed by atoms with Gasteiger partial charge in [0.25, 0.3) is 5.95 Å². The van der Waals surface area contributed by atoms with Crippen molar-refractivity contribution in [1.82, 2.24) is 34.2 Å². The molecule has 1 saturated heterocycles. The zero-order chi connectivity index (χ0) is 30.1. The molecular formula is C32H35N7O5. The summed E-state index contributed by atoms with van der Waals surface area (Å²) in [5.74, 6) is 0.943. The Bertz CT molecular complexity index is 1660. The number of hydrogen-bond acceptors (Lipinski definition) is 10. The van der Waals surface area contributed by atoms with Crippen LogP contribution < -0.4 is 9.47 Å². The lowest BCUT2D eigenvalue weighted by Gasteiger charge is -2.26. The molecule has 0 unspecified atom stereocenters. The average Bonchev–Trinajstić information content (AvgIpc) is 3.72. The first-order chi connectivity index (χ1) is 21.7. The van der Waals surface area contributed by atoms with E-state index >= 15 is 0 Å². The number of imidazole rings is 1. The minimum Gasteiger partial charge on any atom is -0.494 e. The van der Waals surface area contributed by atoms with Gasteiger partial charge in [0.05, 0.1) is 51.1 Å². The summed E-state index contributed by atoms with van der Waals surface area (Å²) in [6.07, 6.45) is 5.67. The largest absolute Gasteiger partial charge is 0.494 e. The molecule has 228 valence electrons. The van der Waals surface area contributed by atoms with Gasteiger partial charge in [0.2, 0.25) is 5.88 Å². The van der Waals surface area contributed by atoms with Crippen LogP contribution in [0.1, 0.15) is 34.8 Å². The van der Waals surface area contributed by atoms with E-state index < -0.39 is 5.97 Å². The SMILES string of the molecule is CCOC(=O)c1cnn(-c2nc(OCc3ccccc3)c3ncn(Cc4ccc(OCCCN5CCOCC5)cc4)c3n2)c1. The van der Waals surface area contributed by atoms with Crippen LogP contribution in [0.5, 0.6) is 11.6 Å². The molecule has 1 fully saturated rings. The van der Waals surface area contributed by atoms with Crippen molar-refractivity contribution in [3.63, 3.8) is 0 Å². The number of carbonyl (C=O) groups is 1. The van der Waals surface area contributed by atoms with Crippen molar-refractivity contribution in [3.8, 4) is 17.6 Å². The topological polar surface area (TPSA) is 119 Å². The van der Waals surface area contributed by atoms with E-state index in [1.807, 2.05) is 59.2 Å². The van der Waals surface area contributed by atoms with Gasteiger partial charge in [-0.1, -0.05) is 42.5 Å². The van der Waals surface area contributed by atoms with Gasteiger partial charge >= 0.3 is 5.97 Å². The normalized spacial score (nSPS) is 13.7. The van der Waals surface area contributed by atoms with E-state index in [1.54, 1.807) is 19.4 Å². The van der Waals surface area contributed by atoms with Gasteiger partial charge in [-0.3, -0.25) is 4.90 Å². The highest BCUT2D eigenvalue weighted by Gasteiger charge is 2.18. The molecule has 0 amide bonds. The average molecular weight is 598 g/mol. The Morgan fingerprint density at radius 1 is 0.977 bits per heavy atom. The molecule has 44 heavy (non-hydrogen) atoms. The highest BCUT2D eigenvalue weighted by molar-refractivity contribution is 5.88. The van der Waals surface area contributed by atoms with Crippen molar-refractivity contribution < 1.29 is 23.7 Å². The Kier molecular flexibility index (Phi) is 9.38. The molecule has 5 aromatic rings. The molecular weight excluding hydrogens is 562 g/mol. The number of carbonyl (C=O) groups excluding carboxylic acids is 1. The van der Waals surface area contributed by atoms with Crippen LogP contribution in [0, 0.1) is 0 Å². The van der Waals surface area contributed by atoms with E-state index in [9.17, 15) is 4.79 Å². The maximum Gasteiger partial charge on any atom is 0.341 e. The number of esters is 1. The number of morpholine rings is 1. The number of fused-ring (bicyclic) bond motifs is 1. The molecule has 0 N–H and O–H groups in total. The van der Waals surface area contributed by atoms with Crippen molar-refractivity contribution >= 4 is 17.1 Å². The fourth-order valence-corrected chi connectivity index (χ4v) is 4.89. The molecule has 12 nitrogen and oxygen atoms in total. The zero-order valence-electron chi connectivity index (χ0n) is 24.7. The summed E-state index contributed by atoms with van der Waals surface area (Å²) >= 11 is 0. The molecule has 3 aromatic heterocycles. The first-order valence-corrected chi connectivity index (χ1v) is 14.8. The molecule has 0 saturated carbocycles. The molecule has 0 radical (unpaired) electrons. The molecule has 2 aromatic carbocycles. The molecule has 12 heteroatoms. The van der Waals surface area contributed by atoms with Crippen LogP contribution in [-0.2, 0) is 22.6 Å². The third-order valence-electron chi connectivity index (χ3n) is 7.20. The smallest absolute Gasteiger partial charge is 0.341 e. The van der Waals surface area contributed by atoms with Crippen LogP contribution in [-0.4, -0.2) is 86.2 Å². The molecule has 6 rings (SSSR count). The van der Waals surface area contributed by atoms with Gasteiger partial charge in [-0.15, -0.1) is 0 Å². The van der Waals surface area contributed by atoms with Crippen LogP contribution in [0.3, 0.4) is 0 Å². The number of aromatic nitrogens is 6. The fraction of sp³-hybridized carbons (Fsp3) is 0.344. The monoisotopic (exact) mass is 597 g/mol. The quantitative estimate of drug-likeness (QED) is 0.146. The second-order valence-corrected chi connectivity index (χ2v) is 10.3. The Hall–Kier alpha value is -4.81. The van der Waals surface area contributed by atoms with Gasteiger partial charge in [0, 0.05) is 25.8 Å². The van der Waals surface area contributed by atoms with E-state index in [4.69, 9.17) is 23.9 Å². The van der Waals surface area contributed by atoms with Crippen LogP contribution in [0.2, 0.25) is 0 Å². The second kappa shape index (κ2) is 14.1. The Morgan fingerprint density at radius 2 is 1.80 bits per heavy atom. The predicted molar refractivity (Wildman–Crippen MR) is 162 cm³/mol. The highest BCUT2D eigenvalue weighted by atomic mass is 16.5. The Labute approximate surface area is 255 Å². The fourth-order valence-electron chi connectivity index (χ4n) is 4.89. The minimum absolute atomic E-state index is 0.249. The van der Waals surface area contributed by atoms with E-state index in [1.165, 1.54) is 10.9 Å². The minimum atomic E-state index is -0.463. The van der Waals surface area contributed by atoms with Gasteiger partial charge in [-0.05, 0) is 36.6 Å². The van der Waals surface area contributed by atoms with Gasteiger partial charge in [-0.25, -0.2) is 14.5 Å². The molecule has 0 atom stereocenters. The van der Waals surface area contributed by atoms with E-state index in [-0.39, 0.29) is 12.6 Å². The summed E-state index contributed by atoms with van der Waals surface area (Å²) in [4.78, 5) is 28.6. The predicted octanol–water partition coefficient (Wildman–Crippen LogP) is 3.92. The van der Waals surface area contributed by atoms with Crippen molar-refractivity contribution in [3.05, 3.63) is 90.0 Å². The molecule has 0 aliphatic carbocycles. The molecule has 0 bridgehead atoms. The molecule has 1 aliphatic heterocycles. The Morgan fingerprint density at radius 3 is 2.59 bits per heavy atom. The summed E-state index contributed by atoms with van der Waals surface area (Å²) in [5, 5.41) is 4.30. The van der Waals surface area contributed by atoms with Gasteiger partial charge in [-0.2, -0.15) is 15.1 Å². The van der Waals surface area contributed by atoms with Crippen molar-refractivity contribution in [2.24, 2.45) is 0 Å². The van der Waals surface area contributed by atoms with Crippen LogP contribution >= 0.6 is 0 Å². The van der Waals surface area contributed by atoms with Crippen LogP contribution in [0.25, 0.3) is 17.1 Å². The van der Waals surface area contributed by atoms with Crippen molar-refractivity contribution in [1.29, 1.82) is 0 Å². The third-order valence-corrected chi connectivity index (χ3v) is 7.20. The first kappa shape index (κ1) is 29.3. The Balaban J connectivity index is 1.19. The maximum absolute atomic E-state index is 12.2. The zero-order valence-corrected chi connectivity index (χ0v) is 24.7. The van der Waals surface area contributed by atoms with Crippen molar-refractivity contribution in [2.45, 2.75) is 26.5 Å². The van der Waals surface area contributed by atoms with Crippen LogP contribution in [0.4, 0.5) is 0 Å². The number of ether oxygens (including phenoxy) is 4. The second-order valence-electron chi connectivity index (χ2n) is 10.3. The standard InChI is InChI=1S/C32H35N7O5/c1-2-42-31(40)26-19-34-39(21-26)32-35-29-28(30(36-32)44-22-25-7-4-3-5-8-25)33-23-38(29)20-24-9-11-27(12-10-24)43-16-6-13-37-14-17-41-18-15-37/h3-5,7-12,19,21,23H,2,6,13-18,20,22H2,1H3. The van der Waals surface area contributed by atoms with Gasteiger partial charge in [0.15, 0.2) is 11.2 Å². The molecule has 1 aliphatic rings. The number of benzene rings is 2. The molecule has 0 spiro atoms. The number of rotatable bonds is 13. The maximum atomic E-state index is 12.2. The summed E-state index contributed by atoms with van der Waals surface area (Å²) < 4.78 is 26.0. The summed E-state index contributed by atoms with van der Waals surface area (Å²) in [7, 11) is 0. The number of hydrogen-bond donors (Lipinski definition) is 0. The van der Waals surface area contributed by atoms with E-state index in [0.717, 1.165) is 56.1 Å². The summed E-state index contributed by atoms with van der Waals surface area (Å²) in [5.41, 5.74) is 3.46. The lowest BCUT2D eigenvalue weighted by Crippen LogP contribution is -2.37.